The molecule has 1 N–H and O–H groups in total. The molecule has 0 bridgehead atoms. The molecule has 0 unspecified atom stereocenters. The van der Waals surface area contributed by atoms with Gasteiger partial charge in [0.1, 0.15) is 5.03 Å². The quantitative estimate of drug-likeness (QED) is 0.489. The Kier molecular flexibility index (Phi) is 5.96. The van der Waals surface area contributed by atoms with E-state index in [4.69, 9.17) is 0 Å². The van der Waals surface area contributed by atoms with Crippen LogP contribution in [0, 0.1) is 0 Å². The van der Waals surface area contributed by atoms with Crippen LogP contribution in [0.15, 0.2) is 53.3 Å². The number of fused-ring (bicyclic) bond motifs is 1. The number of nitrogens with one attached hydrogen (secondary N) is 1. The molecule has 0 spiro atoms. The molecule has 0 saturated heterocycles. The van der Waals surface area contributed by atoms with Crippen molar-refractivity contribution in [3.05, 3.63) is 48.3 Å². The van der Waals surface area contributed by atoms with E-state index in [2.05, 4.69) is 31.7 Å². The molecule has 3 aromatic rings. The first-order valence-corrected chi connectivity index (χ1v) is 10.5. The molecular formula is C20H22N6OS. The largest absolute Gasteiger partial charge is 0.355 e. The summed E-state index contributed by atoms with van der Waals surface area (Å²) in [4.78, 5) is 16.3. The Morgan fingerprint density at radius 1 is 1.21 bits per heavy atom. The Hall–Kier alpha value is -2.74. The van der Waals surface area contributed by atoms with Crippen LogP contribution in [0.5, 0.6) is 0 Å². The lowest BCUT2D eigenvalue weighted by molar-refractivity contribution is -0.118. The number of carbonyl (C=O) groups excluding carboxylic acids is 1. The normalized spacial score (nSPS) is 14.1. The van der Waals surface area contributed by atoms with E-state index in [-0.39, 0.29) is 5.91 Å². The Balaban J connectivity index is 1.34. The van der Waals surface area contributed by atoms with Crippen LogP contribution in [0.4, 0.5) is 0 Å². The molecule has 28 heavy (non-hydrogen) atoms. The first kappa shape index (κ1) is 18.6. The van der Waals surface area contributed by atoms with Crippen molar-refractivity contribution in [2.24, 2.45) is 0 Å². The van der Waals surface area contributed by atoms with Gasteiger partial charge < -0.3 is 5.32 Å². The standard InChI is InChI=1S/C20H22N6OS/c27-18(22-12-10-15-5-2-1-3-6-15)14-28-19-9-8-17-23-24-20(26(17)25-19)16-7-4-11-21-13-16/h4-5,7-9,11,13H,1-3,6,10,12,14H2,(H,22,27). The van der Waals surface area contributed by atoms with Crippen LogP contribution in [-0.2, 0) is 4.79 Å². The third-order valence-corrected chi connectivity index (χ3v) is 5.58. The van der Waals surface area contributed by atoms with E-state index < -0.39 is 0 Å². The lowest BCUT2D eigenvalue weighted by atomic mass is 9.97. The van der Waals surface area contributed by atoms with Crippen LogP contribution < -0.4 is 5.32 Å². The molecule has 3 heterocycles. The van der Waals surface area contributed by atoms with Gasteiger partial charge >= 0.3 is 0 Å². The summed E-state index contributed by atoms with van der Waals surface area (Å²) >= 11 is 1.41. The number of nitrogens with zero attached hydrogens (tertiary/aromatic N) is 5. The summed E-state index contributed by atoms with van der Waals surface area (Å²) in [5.74, 6) is 0.998. The molecule has 0 radical (unpaired) electrons. The first-order valence-electron chi connectivity index (χ1n) is 9.50. The van der Waals surface area contributed by atoms with Gasteiger partial charge in [-0.1, -0.05) is 23.4 Å². The van der Waals surface area contributed by atoms with Gasteiger partial charge in [-0.25, -0.2) is 0 Å². The van der Waals surface area contributed by atoms with Crippen molar-refractivity contribution >= 4 is 23.3 Å². The topological polar surface area (TPSA) is 85.1 Å². The molecule has 0 fully saturated rings. The summed E-state index contributed by atoms with van der Waals surface area (Å²) in [6.07, 6.45) is 11.6. The maximum Gasteiger partial charge on any atom is 0.230 e. The lowest BCUT2D eigenvalue weighted by Gasteiger charge is -2.12. The average molecular weight is 395 g/mol. The highest BCUT2D eigenvalue weighted by Gasteiger charge is 2.11. The summed E-state index contributed by atoms with van der Waals surface area (Å²) in [5, 5.41) is 16.7. The summed E-state index contributed by atoms with van der Waals surface area (Å²) in [5.41, 5.74) is 2.98. The summed E-state index contributed by atoms with van der Waals surface area (Å²) in [7, 11) is 0. The predicted octanol–water partition coefficient (Wildman–Crippen LogP) is 3.29. The summed E-state index contributed by atoms with van der Waals surface area (Å²) in [6.45, 7) is 0.703. The molecule has 0 aliphatic heterocycles. The zero-order chi connectivity index (χ0) is 19.2. The monoisotopic (exact) mass is 394 g/mol. The molecule has 4 rings (SSSR count). The number of thioether (sulfide) groups is 1. The van der Waals surface area contributed by atoms with Crippen molar-refractivity contribution in [3.8, 4) is 11.4 Å². The molecule has 3 aromatic heterocycles. The van der Waals surface area contributed by atoms with Crippen LogP contribution in [-0.4, -0.2) is 43.0 Å². The van der Waals surface area contributed by atoms with E-state index in [9.17, 15) is 4.79 Å². The number of hydrogen-bond acceptors (Lipinski definition) is 6. The average Bonchev–Trinajstić information content (AvgIpc) is 3.17. The number of allylic oxidation sites excluding steroid dienone is 1. The minimum Gasteiger partial charge on any atom is -0.355 e. The predicted molar refractivity (Wildman–Crippen MR) is 109 cm³/mol. The lowest BCUT2D eigenvalue weighted by Crippen LogP contribution is -2.26. The second kappa shape index (κ2) is 8.97. The van der Waals surface area contributed by atoms with Crippen LogP contribution in [0.3, 0.4) is 0 Å². The fraction of sp³-hybridized carbons (Fsp3) is 0.350. The molecule has 1 aliphatic carbocycles. The Bertz CT molecular complexity index is 985. The van der Waals surface area contributed by atoms with E-state index in [0.717, 1.165) is 17.0 Å². The van der Waals surface area contributed by atoms with Crippen molar-refractivity contribution < 1.29 is 4.79 Å². The molecule has 1 aliphatic rings. The van der Waals surface area contributed by atoms with Crippen LogP contribution >= 0.6 is 11.8 Å². The molecule has 1 amide bonds. The van der Waals surface area contributed by atoms with Gasteiger partial charge in [0.25, 0.3) is 0 Å². The fourth-order valence-corrected chi connectivity index (χ4v) is 3.89. The summed E-state index contributed by atoms with van der Waals surface area (Å²) in [6, 6.07) is 7.49. The van der Waals surface area contributed by atoms with Gasteiger partial charge in [0.15, 0.2) is 11.5 Å². The van der Waals surface area contributed by atoms with Crippen molar-refractivity contribution in [2.45, 2.75) is 37.1 Å². The maximum absolute atomic E-state index is 12.1. The molecule has 0 aromatic carbocycles. The second-order valence-corrected chi connectivity index (χ2v) is 7.70. The van der Waals surface area contributed by atoms with Gasteiger partial charge in [0.05, 0.1) is 5.75 Å². The number of hydrogen-bond donors (Lipinski definition) is 1. The molecular weight excluding hydrogens is 372 g/mol. The molecule has 0 atom stereocenters. The van der Waals surface area contributed by atoms with Gasteiger partial charge in [-0.05, 0) is 56.4 Å². The highest BCUT2D eigenvalue weighted by atomic mass is 32.2. The third kappa shape index (κ3) is 4.56. The van der Waals surface area contributed by atoms with E-state index >= 15 is 0 Å². The van der Waals surface area contributed by atoms with Gasteiger partial charge in [-0.15, -0.1) is 10.2 Å². The minimum atomic E-state index is 0.0274. The second-order valence-electron chi connectivity index (χ2n) is 6.70. The van der Waals surface area contributed by atoms with Gasteiger partial charge in [0.2, 0.25) is 5.91 Å². The molecule has 0 saturated carbocycles. The number of carbonyl (C=O) groups is 1. The van der Waals surface area contributed by atoms with Crippen LogP contribution in [0.25, 0.3) is 17.0 Å². The first-order chi connectivity index (χ1) is 13.8. The van der Waals surface area contributed by atoms with Gasteiger partial charge in [0, 0.05) is 24.5 Å². The van der Waals surface area contributed by atoms with E-state index in [1.54, 1.807) is 16.9 Å². The minimum absolute atomic E-state index is 0.0274. The molecule has 7 nitrogen and oxygen atoms in total. The van der Waals surface area contributed by atoms with Crippen LogP contribution in [0.1, 0.15) is 32.1 Å². The third-order valence-electron chi connectivity index (χ3n) is 4.66. The zero-order valence-corrected chi connectivity index (χ0v) is 16.4. The maximum atomic E-state index is 12.1. The fourth-order valence-electron chi connectivity index (χ4n) is 3.21. The summed E-state index contributed by atoms with van der Waals surface area (Å²) < 4.78 is 1.69. The Morgan fingerprint density at radius 3 is 3.00 bits per heavy atom. The van der Waals surface area contributed by atoms with Gasteiger partial charge in [-0.2, -0.15) is 9.61 Å². The number of rotatable bonds is 7. The van der Waals surface area contributed by atoms with E-state index in [1.807, 2.05) is 24.3 Å². The highest BCUT2D eigenvalue weighted by molar-refractivity contribution is 7.99. The molecule has 144 valence electrons. The van der Waals surface area contributed by atoms with Crippen LogP contribution in [0.2, 0.25) is 0 Å². The Morgan fingerprint density at radius 2 is 2.18 bits per heavy atom. The molecule has 8 heteroatoms. The number of aromatic nitrogens is 5. The van der Waals surface area contributed by atoms with E-state index in [0.29, 0.717) is 23.8 Å². The van der Waals surface area contributed by atoms with Gasteiger partial charge in [-0.3, -0.25) is 9.78 Å². The van der Waals surface area contributed by atoms with Crippen molar-refractivity contribution in [1.29, 1.82) is 0 Å². The zero-order valence-electron chi connectivity index (χ0n) is 15.5. The smallest absolute Gasteiger partial charge is 0.230 e. The van der Waals surface area contributed by atoms with E-state index in [1.165, 1.54) is 43.0 Å². The van der Waals surface area contributed by atoms with Crippen molar-refractivity contribution in [1.82, 2.24) is 30.1 Å². The highest BCUT2D eigenvalue weighted by Crippen LogP contribution is 2.21. The SMILES string of the molecule is O=C(CSc1ccc2nnc(-c3cccnc3)n2n1)NCCC1=CCCCC1. The Labute approximate surface area is 167 Å². The number of pyridine rings is 1. The number of amides is 1. The van der Waals surface area contributed by atoms with Crippen molar-refractivity contribution in [3.63, 3.8) is 0 Å². The van der Waals surface area contributed by atoms with Crippen molar-refractivity contribution in [2.75, 3.05) is 12.3 Å².